The van der Waals surface area contributed by atoms with Crippen LogP contribution >= 0.6 is 11.6 Å². The molecule has 0 bridgehead atoms. The number of hydrogen-bond acceptors (Lipinski definition) is 3. The second-order valence-electron chi connectivity index (χ2n) is 4.02. The van der Waals surface area contributed by atoms with E-state index in [1.165, 1.54) is 13.3 Å². The normalized spacial score (nSPS) is 11.2. The summed E-state index contributed by atoms with van der Waals surface area (Å²) in [6, 6.07) is 6.89. The molecule has 0 radical (unpaired) electrons. The van der Waals surface area contributed by atoms with Crippen LogP contribution in [0.2, 0.25) is 5.02 Å². The average molecular weight is 325 g/mol. The van der Waals surface area contributed by atoms with Crippen LogP contribution in [-0.4, -0.2) is 15.0 Å². The molecule has 0 N–H and O–H groups in total. The first-order valence-electron chi connectivity index (χ1n) is 6.49. The van der Waals surface area contributed by atoms with E-state index in [2.05, 4.69) is 18.0 Å². The Morgan fingerprint density at radius 1 is 1.29 bits per heavy atom. The molecule has 0 saturated heterocycles. The van der Waals surface area contributed by atoms with E-state index in [4.69, 9.17) is 11.6 Å². The van der Waals surface area contributed by atoms with Gasteiger partial charge in [0.2, 0.25) is 0 Å². The number of unbranched alkanes of at least 4 members (excludes halogenated alkanes) is 1. The fourth-order valence-corrected chi connectivity index (χ4v) is 2.02. The van der Waals surface area contributed by atoms with Crippen molar-refractivity contribution in [2.45, 2.75) is 33.6 Å². The van der Waals surface area contributed by atoms with Gasteiger partial charge in [-0.25, -0.2) is 0 Å². The van der Waals surface area contributed by atoms with Crippen LogP contribution < -0.4 is 18.9 Å². The first-order valence-corrected chi connectivity index (χ1v) is 8.28. The Morgan fingerprint density at radius 2 is 1.76 bits per heavy atom. The molecule has 114 valence electrons. The molecule has 3 nitrogen and oxygen atoms in total. The third-order valence-corrected chi connectivity index (χ3v) is 3.97. The van der Waals surface area contributed by atoms with Crippen LogP contribution in [0.25, 0.3) is 6.08 Å². The van der Waals surface area contributed by atoms with Crippen molar-refractivity contribution >= 4 is 27.8 Å². The van der Waals surface area contributed by atoms with Crippen molar-refractivity contribution in [3.05, 3.63) is 46.7 Å². The smallest absolute Gasteiger partial charge is 0.343 e. The van der Waals surface area contributed by atoms with E-state index in [-0.39, 0.29) is 30.4 Å². The molecule has 0 aliphatic carbocycles. The predicted octanol–water partition coefficient (Wildman–Crippen LogP) is 1.69. The molecule has 6 heteroatoms. The van der Waals surface area contributed by atoms with Gasteiger partial charge in [0.25, 0.3) is 10.1 Å². The van der Waals surface area contributed by atoms with E-state index in [0.29, 0.717) is 5.02 Å². The molecule has 1 aromatic rings. The number of allylic oxidation sites excluding steroid dienone is 1. The topological polar surface area (TPSA) is 43.4 Å². The monoisotopic (exact) mass is 324 g/mol. The third-order valence-electron chi connectivity index (χ3n) is 2.26. The molecule has 0 heterocycles. The SMILES string of the molecule is CCOS(=O)(=O)C(C)=Cc1ccc(Cl)cc1.[CH2-]CCC.[Li+]. The van der Waals surface area contributed by atoms with Gasteiger partial charge in [0, 0.05) is 5.02 Å². The van der Waals surface area contributed by atoms with E-state index >= 15 is 0 Å². The summed E-state index contributed by atoms with van der Waals surface area (Å²) in [5.74, 6) is 0. The zero-order chi connectivity index (χ0) is 15.6. The molecule has 1 rings (SSSR count). The van der Waals surface area contributed by atoms with Crippen molar-refractivity contribution < 1.29 is 31.5 Å². The number of rotatable bonds is 5. The maximum absolute atomic E-state index is 11.5. The van der Waals surface area contributed by atoms with Gasteiger partial charge in [-0.2, -0.15) is 14.8 Å². The van der Waals surface area contributed by atoms with E-state index in [0.717, 1.165) is 12.0 Å². The van der Waals surface area contributed by atoms with Crippen molar-refractivity contribution in [2.75, 3.05) is 6.61 Å². The Hall–Kier alpha value is -0.243. The molecule has 0 aliphatic rings. The Kier molecular flexibility index (Phi) is 13.5. The molecule has 0 unspecified atom stereocenters. The Morgan fingerprint density at radius 3 is 2.14 bits per heavy atom. The minimum atomic E-state index is -3.59. The maximum Gasteiger partial charge on any atom is 1.00 e. The largest absolute Gasteiger partial charge is 1.00 e. The third kappa shape index (κ3) is 10.2. The zero-order valence-electron chi connectivity index (χ0n) is 13.2. The van der Waals surface area contributed by atoms with Crippen LogP contribution in [0.15, 0.2) is 29.2 Å². The summed E-state index contributed by atoms with van der Waals surface area (Å²) in [5.41, 5.74) is 0.769. The van der Waals surface area contributed by atoms with Crippen molar-refractivity contribution in [2.24, 2.45) is 0 Å². The van der Waals surface area contributed by atoms with Gasteiger partial charge in [-0.3, -0.25) is 4.18 Å². The number of benzene rings is 1. The molecule has 0 spiro atoms. The standard InChI is InChI=1S/C11H13ClO3S.C4H9.Li/c1-3-15-16(13,14)9(2)8-10-4-6-11(12)7-5-10;1-3-4-2;/h4-8H,3H2,1-2H3;1,3-4H2,2H3;/q;-1;+1. The van der Waals surface area contributed by atoms with Gasteiger partial charge >= 0.3 is 18.9 Å². The van der Waals surface area contributed by atoms with Crippen LogP contribution in [0.1, 0.15) is 39.2 Å². The molecular formula is C15H22ClLiO3S. The molecule has 21 heavy (non-hydrogen) atoms. The summed E-state index contributed by atoms with van der Waals surface area (Å²) in [7, 11) is -3.59. The van der Waals surface area contributed by atoms with Crippen molar-refractivity contribution in [1.82, 2.24) is 0 Å². The van der Waals surface area contributed by atoms with Gasteiger partial charge < -0.3 is 6.92 Å². The molecule has 0 atom stereocenters. The van der Waals surface area contributed by atoms with Gasteiger partial charge in [-0.05, 0) is 37.6 Å². The average Bonchev–Trinajstić information content (AvgIpc) is 2.41. The minimum Gasteiger partial charge on any atom is -0.343 e. The number of halogens is 1. The van der Waals surface area contributed by atoms with Crippen LogP contribution in [0.4, 0.5) is 0 Å². The summed E-state index contributed by atoms with van der Waals surface area (Å²) in [5, 5.41) is 0.613. The molecule has 0 aliphatic heterocycles. The summed E-state index contributed by atoms with van der Waals surface area (Å²) in [6.45, 7) is 8.99. The summed E-state index contributed by atoms with van der Waals surface area (Å²) in [6.07, 6.45) is 3.82. The Labute approximate surface area is 146 Å². The van der Waals surface area contributed by atoms with Gasteiger partial charge in [-0.15, -0.1) is 0 Å². The second kappa shape index (κ2) is 12.3. The van der Waals surface area contributed by atoms with E-state index in [1.54, 1.807) is 37.3 Å². The molecule has 0 fully saturated rings. The van der Waals surface area contributed by atoms with E-state index in [1.807, 2.05) is 0 Å². The van der Waals surface area contributed by atoms with E-state index in [9.17, 15) is 8.42 Å². The molecule has 0 saturated carbocycles. The van der Waals surface area contributed by atoms with Gasteiger partial charge in [-0.1, -0.05) is 37.1 Å². The first-order chi connectivity index (χ1) is 9.37. The van der Waals surface area contributed by atoms with Crippen LogP contribution in [-0.2, 0) is 14.3 Å². The summed E-state index contributed by atoms with van der Waals surface area (Å²) >= 11 is 5.72. The van der Waals surface area contributed by atoms with Crippen LogP contribution in [0.3, 0.4) is 0 Å². The molecule has 0 amide bonds. The summed E-state index contributed by atoms with van der Waals surface area (Å²) in [4.78, 5) is 0.177. The van der Waals surface area contributed by atoms with Gasteiger partial charge in [0.15, 0.2) is 0 Å². The van der Waals surface area contributed by atoms with Crippen molar-refractivity contribution in [3.8, 4) is 0 Å². The van der Waals surface area contributed by atoms with Crippen LogP contribution in [0.5, 0.6) is 0 Å². The molecular weight excluding hydrogens is 303 g/mol. The zero-order valence-corrected chi connectivity index (χ0v) is 14.8. The van der Waals surface area contributed by atoms with Crippen molar-refractivity contribution in [3.63, 3.8) is 0 Å². The number of hydrogen-bond donors (Lipinski definition) is 0. The quantitative estimate of drug-likeness (QED) is 0.470. The predicted molar refractivity (Wildman–Crippen MR) is 85.9 cm³/mol. The van der Waals surface area contributed by atoms with Crippen molar-refractivity contribution in [1.29, 1.82) is 0 Å². The molecule has 0 aromatic heterocycles. The van der Waals surface area contributed by atoms with Crippen LogP contribution in [0, 0.1) is 6.92 Å². The van der Waals surface area contributed by atoms with Gasteiger partial charge in [0.1, 0.15) is 0 Å². The maximum atomic E-state index is 11.5. The minimum absolute atomic E-state index is 0. The second-order valence-corrected chi connectivity index (χ2v) is 6.25. The summed E-state index contributed by atoms with van der Waals surface area (Å²) < 4.78 is 27.6. The Bertz CT molecular complexity index is 508. The first kappa shape index (κ1) is 23.0. The fraction of sp³-hybridized carbons (Fsp3) is 0.400. The van der Waals surface area contributed by atoms with Gasteiger partial charge in [0.05, 0.1) is 11.5 Å². The Balaban J connectivity index is 0. The fourth-order valence-electron chi connectivity index (χ4n) is 1.11. The van der Waals surface area contributed by atoms with E-state index < -0.39 is 10.1 Å². The molecule has 1 aromatic carbocycles.